The second-order valence-corrected chi connectivity index (χ2v) is 11.8. The molecule has 10 heteroatoms. The molecule has 0 aliphatic carbocycles. The van der Waals surface area contributed by atoms with Gasteiger partial charge in [0, 0.05) is 25.0 Å². The minimum Gasteiger partial charge on any atom is -0.483 e. The van der Waals surface area contributed by atoms with Crippen molar-refractivity contribution in [2.24, 2.45) is 0 Å². The lowest BCUT2D eigenvalue weighted by Gasteiger charge is -2.30. The number of aliphatic hydroxyl groups excluding tert-OH is 1. The van der Waals surface area contributed by atoms with Gasteiger partial charge in [-0.15, -0.1) is 11.8 Å². The molecule has 1 aliphatic heterocycles. The number of carbonyl (C=O) groups is 3. The lowest BCUT2D eigenvalue weighted by molar-refractivity contribution is -0.146. The Hall–Kier alpha value is -4.02. The maximum Gasteiger partial charge on any atom is 0.258 e. The van der Waals surface area contributed by atoms with Crippen LogP contribution in [-0.2, 0) is 27.3 Å². The van der Waals surface area contributed by atoms with E-state index < -0.39 is 30.0 Å². The van der Waals surface area contributed by atoms with E-state index in [2.05, 4.69) is 16.0 Å². The van der Waals surface area contributed by atoms with Crippen LogP contribution in [0.15, 0.2) is 66.7 Å². The fraction of sp³-hybridized carbons (Fsp3) is 0.364. The zero-order chi connectivity index (χ0) is 30.9. The average Bonchev–Trinajstić information content (AvgIpc) is 3.50. The number of thioether (sulfide) groups is 1. The molecule has 0 radical (unpaired) electrons. The van der Waals surface area contributed by atoms with Crippen molar-refractivity contribution >= 4 is 35.2 Å². The maximum atomic E-state index is 13.6. The van der Waals surface area contributed by atoms with Gasteiger partial charge in [0.25, 0.3) is 11.8 Å². The molecular formula is C33H40N4O5S. The Bertz CT molecular complexity index is 1410. The molecular weight excluding hydrogens is 564 g/mol. The predicted octanol–water partition coefficient (Wildman–Crippen LogP) is 3.34. The van der Waals surface area contributed by atoms with Gasteiger partial charge >= 0.3 is 0 Å². The largest absolute Gasteiger partial charge is 0.483 e. The van der Waals surface area contributed by atoms with Crippen molar-refractivity contribution in [2.75, 3.05) is 30.6 Å². The highest BCUT2D eigenvalue weighted by Gasteiger charge is 2.40. The molecule has 4 N–H and O–H groups in total. The van der Waals surface area contributed by atoms with Gasteiger partial charge in [-0.25, -0.2) is 0 Å². The number of hydrogen-bond donors (Lipinski definition) is 4. The molecule has 0 spiro atoms. The molecule has 4 rings (SSSR count). The molecule has 1 aliphatic rings. The second kappa shape index (κ2) is 14.9. The summed E-state index contributed by atoms with van der Waals surface area (Å²) in [6.07, 6.45) is -1.34. The van der Waals surface area contributed by atoms with E-state index in [1.807, 2.05) is 94.5 Å². The van der Waals surface area contributed by atoms with Crippen LogP contribution in [0.25, 0.3) is 0 Å². The van der Waals surface area contributed by atoms with Gasteiger partial charge in [0.1, 0.15) is 11.8 Å². The molecule has 3 aromatic carbocycles. The highest BCUT2D eigenvalue weighted by Crippen LogP contribution is 2.27. The Kier molecular flexibility index (Phi) is 11.1. The third-order valence-corrected chi connectivity index (χ3v) is 8.57. The first-order valence-electron chi connectivity index (χ1n) is 14.3. The summed E-state index contributed by atoms with van der Waals surface area (Å²) < 4.78 is 5.87. The fourth-order valence-corrected chi connectivity index (χ4v) is 6.31. The lowest BCUT2D eigenvalue weighted by Crippen LogP contribution is -2.56. The number of nitrogens with zero attached hydrogens (tertiary/aromatic N) is 1. The van der Waals surface area contributed by atoms with Crippen LogP contribution in [-0.4, -0.2) is 71.2 Å². The molecule has 1 heterocycles. The average molecular weight is 605 g/mol. The molecule has 3 amide bonds. The fourth-order valence-electron chi connectivity index (χ4n) is 5.15. The number of aliphatic hydroxyl groups is 1. The molecule has 1 saturated heterocycles. The number of nitrogens with one attached hydrogen (secondary N) is 3. The molecule has 1 fully saturated rings. The second-order valence-electron chi connectivity index (χ2n) is 10.8. The topological polar surface area (TPSA) is 120 Å². The normalized spacial score (nSPS) is 15.8. The van der Waals surface area contributed by atoms with Gasteiger partial charge < -0.3 is 30.7 Å². The Morgan fingerprint density at radius 3 is 2.35 bits per heavy atom. The van der Waals surface area contributed by atoms with Gasteiger partial charge in [-0.05, 0) is 67.1 Å². The standard InChI is InChI=1S/C33H40N4O5S/c1-21-10-8-9-13-25(21)17-35-32(40)28-19-43-20-37(28)33(41)30(39)27(16-24-11-6-5-7-12-24)36-29(38)18-42-31-22(2)14-26(34-4)15-23(31)3/h5-15,27-28,30,34,39H,16-20H2,1-4H3,(H,35,40)(H,36,38)/t27-,28-,30-/m0/s1. The predicted molar refractivity (Wildman–Crippen MR) is 170 cm³/mol. The summed E-state index contributed by atoms with van der Waals surface area (Å²) in [4.78, 5) is 41.2. The first-order valence-corrected chi connectivity index (χ1v) is 15.5. The van der Waals surface area contributed by atoms with E-state index in [0.29, 0.717) is 18.0 Å². The molecule has 43 heavy (non-hydrogen) atoms. The van der Waals surface area contributed by atoms with Crippen molar-refractivity contribution in [1.29, 1.82) is 0 Å². The number of amides is 3. The van der Waals surface area contributed by atoms with Crippen molar-refractivity contribution in [3.63, 3.8) is 0 Å². The number of carbonyl (C=O) groups excluding carboxylic acids is 3. The number of benzene rings is 3. The lowest BCUT2D eigenvalue weighted by atomic mass is 9.99. The third-order valence-electron chi connectivity index (χ3n) is 7.56. The summed E-state index contributed by atoms with van der Waals surface area (Å²) in [5, 5.41) is 20.2. The van der Waals surface area contributed by atoms with Crippen molar-refractivity contribution in [3.05, 3.63) is 94.5 Å². The van der Waals surface area contributed by atoms with Gasteiger partial charge in [-0.2, -0.15) is 0 Å². The maximum absolute atomic E-state index is 13.6. The van der Waals surface area contributed by atoms with E-state index in [1.54, 1.807) is 0 Å². The summed E-state index contributed by atoms with van der Waals surface area (Å²) >= 11 is 1.45. The SMILES string of the molecule is CNc1cc(C)c(OCC(=O)N[C@@H](Cc2ccccc2)[C@H](O)C(=O)N2CSC[C@H]2C(=O)NCc2ccccc2C)c(C)c1. The van der Waals surface area contributed by atoms with E-state index in [0.717, 1.165) is 33.5 Å². The van der Waals surface area contributed by atoms with Crippen LogP contribution >= 0.6 is 11.8 Å². The highest BCUT2D eigenvalue weighted by atomic mass is 32.2. The van der Waals surface area contributed by atoms with E-state index >= 15 is 0 Å². The van der Waals surface area contributed by atoms with Crippen LogP contribution in [0.4, 0.5) is 5.69 Å². The Morgan fingerprint density at radius 1 is 1.00 bits per heavy atom. The molecule has 0 saturated carbocycles. The molecule has 0 aromatic heterocycles. The molecule has 3 atom stereocenters. The molecule has 228 valence electrons. The summed E-state index contributed by atoms with van der Waals surface area (Å²) in [5.74, 6) is -0.0357. The zero-order valence-corrected chi connectivity index (χ0v) is 25.9. The Morgan fingerprint density at radius 2 is 1.67 bits per heavy atom. The first kappa shape index (κ1) is 31.9. The monoisotopic (exact) mass is 604 g/mol. The number of aryl methyl sites for hydroxylation is 3. The summed E-state index contributed by atoms with van der Waals surface area (Å²) in [7, 11) is 1.84. The number of ether oxygens (including phenoxy) is 1. The molecule has 0 bridgehead atoms. The minimum absolute atomic E-state index is 0.222. The highest BCUT2D eigenvalue weighted by molar-refractivity contribution is 7.99. The van der Waals surface area contributed by atoms with Crippen molar-refractivity contribution < 1.29 is 24.2 Å². The quantitative estimate of drug-likeness (QED) is 0.250. The van der Waals surface area contributed by atoms with Crippen molar-refractivity contribution in [1.82, 2.24) is 15.5 Å². The summed E-state index contributed by atoms with van der Waals surface area (Å²) in [6, 6.07) is 19.3. The molecule has 0 unspecified atom stereocenters. The van der Waals surface area contributed by atoms with Crippen molar-refractivity contribution in [2.45, 2.75) is 51.9 Å². The minimum atomic E-state index is -1.56. The van der Waals surface area contributed by atoms with Gasteiger partial charge in [0.15, 0.2) is 12.7 Å². The van der Waals surface area contributed by atoms with Crippen LogP contribution in [0, 0.1) is 20.8 Å². The number of hydrogen-bond acceptors (Lipinski definition) is 7. The van der Waals surface area contributed by atoms with Crippen LogP contribution in [0.3, 0.4) is 0 Å². The Balaban J connectivity index is 1.44. The van der Waals surface area contributed by atoms with Gasteiger partial charge in [-0.1, -0.05) is 54.6 Å². The number of anilines is 1. The van der Waals surface area contributed by atoms with Crippen molar-refractivity contribution in [3.8, 4) is 5.75 Å². The number of rotatable bonds is 12. The smallest absolute Gasteiger partial charge is 0.258 e. The van der Waals surface area contributed by atoms with Gasteiger partial charge in [0.05, 0.1) is 11.9 Å². The van der Waals surface area contributed by atoms with Crippen LogP contribution < -0.4 is 20.7 Å². The first-order chi connectivity index (χ1) is 20.7. The van der Waals surface area contributed by atoms with Gasteiger partial charge in [0.2, 0.25) is 5.91 Å². The molecule has 3 aromatic rings. The van der Waals surface area contributed by atoms with E-state index in [9.17, 15) is 19.5 Å². The van der Waals surface area contributed by atoms with Crippen LogP contribution in [0.2, 0.25) is 0 Å². The molecule has 9 nitrogen and oxygen atoms in total. The van der Waals surface area contributed by atoms with Crippen LogP contribution in [0.1, 0.15) is 27.8 Å². The van der Waals surface area contributed by atoms with E-state index in [1.165, 1.54) is 16.7 Å². The zero-order valence-electron chi connectivity index (χ0n) is 25.1. The van der Waals surface area contributed by atoms with Crippen LogP contribution in [0.5, 0.6) is 5.75 Å². The Labute approximate surface area is 257 Å². The third kappa shape index (κ3) is 8.30. The van der Waals surface area contributed by atoms with E-state index in [4.69, 9.17) is 4.74 Å². The van der Waals surface area contributed by atoms with Gasteiger partial charge in [-0.3, -0.25) is 14.4 Å². The summed E-state index contributed by atoms with van der Waals surface area (Å²) in [6.45, 7) is 5.86. The summed E-state index contributed by atoms with van der Waals surface area (Å²) in [5.41, 5.74) is 5.61. The van der Waals surface area contributed by atoms with E-state index in [-0.39, 0.29) is 24.8 Å².